The molecular formula is C11H20N4OS. The Labute approximate surface area is 106 Å². The van der Waals surface area contributed by atoms with Gasteiger partial charge in [0.05, 0.1) is 6.54 Å². The number of unbranched alkanes of at least 4 members (excludes halogenated alkanes) is 1. The predicted molar refractivity (Wildman–Crippen MR) is 68.0 cm³/mol. The molecule has 0 aromatic carbocycles. The van der Waals surface area contributed by atoms with Gasteiger partial charge < -0.3 is 15.0 Å². The van der Waals surface area contributed by atoms with Gasteiger partial charge >= 0.3 is 0 Å². The predicted octanol–water partition coefficient (Wildman–Crippen LogP) is 1.59. The van der Waals surface area contributed by atoms with Crippen molar-refractivity contribution in [3.8, 4) is 0 Å². The van der Waals surface area contributed by atoms with Crippen LogP contribution in [0.3, 0.4) is 0 Å². The van der Waals surface area contributed by atoms with Crippen molar-refractivity contribution in [1.82, 2.24) is 14.8 Å². The second kappa shape index (κ2) is 6.37. The van der Waals surface area contributed by atoms with Crippen LogP contribution in [0.5, 0.6) is 0 Å². The quantitative estimate of drug-likeness (QED) is 0.565. The number of hydrogen-bond donors (Lipinski definition) is 1. The van der Waals surface area contributed by atoms with Gasteiger partial charge in [0.25, 0.3) is 0 Å². The van der Waals surface area contributed by atoms with Crippen molar-refractivity contribution in [2.45, 2.75) is 43.4 Å². The molecule has 0 bridgehead atoms. The van der Waals surface area contributed by atoms with Gasteiger partial charge in [-0.3, -0.25) is 0 Å². The summed E-state index contributed by atoms with van der Waals surface area (Å²) in [5.41, 5.74) is 5.67. The van der Waals surface area contributed by atoms with E-state index in [1.165, 1.54) is 12.8 Å². The fourth-order valence-electron chi connectivity index (χ4n) is 1.76. The van der Waals surface area contributed by atoms with Crippen molar-refractivity contribution in [2.75, 3.05) is 19.5 Å². The highest BCUT2D eigenvalue weighted by molar-refractivity contribution is 7.99. The Morgan fingerprint density at radius 1 is 1.41 bits per heavy atom. The first-order valence-electron chi connectivity index (χ1n) is 6.12. The third kappa shape index (κ3) is 3.43. The van der Waals surface area contributed by atoms with Gasteiger partial charge in [0.1, 0.15) is 5.82 Å². The molecule has 0 radical (unpaired) electrons. The van der Waals surface area contributed by atoms with Crippen LogP contribution in [0.25, 0.3) is 0 Å². The minimum atomic E-state index is 0.480. The van der Waals surface area contributed by atoms with Crippen LogP contribution in [-0.4, -0.2) is 34.2 Å². The summed E-state index contributed by atoms with van der Waals surface area (Å²) in [5, 5.41) is 9.42. The second-order valence-corrected chi connectivity index (χ2v) is 5.31. The monoisotopic (exact) mass is 256 g/mol. The van der Waals surface area contributed by atoms with E-state index in [0.717, 1.165) is 36.2 Å². The van der Waals surface area contributed by atoms with Crippen LogP contribution in [0.4, 0.5) is 0 Å². The lowest BCUT2D eigenvalue weighted by Gasteiger charge is -2.07. The van der Waals surface area contributed by atoms with Gasteiger partial charge in [-0.05, 0) is 25.7 Å². The van der Waals surface area contributed by atoms with Crippen LogP contribution in [0.1, 0.15) is 37.5 Å². The van der Waals surface area contributed by atoms with E-state index >= 15 is 0 Å². The third-order valence-electron chi connectivity index (χ3n) is 2.80. The second-order valence-electron chi connectivity index (χ2n) is 4.25. The zero-order valence-electron chi connectivity index (χ0n) is 10.3. The number of rotatable bonds is 8. The maximum Gasteiger partial charge on any atom is 0.191 e. The molecule has 0 amide bonds. The smallest absolute Gasteiger partial charge is 0.191 e. The summed E-state index contributed by atoms with van der Waals surface area (Å²) in [6.45, 7) is 1.32. The maximum atomic E-state index is 5.67. The molecular weight excluding hydrogens is 236 g/mol. The molecule has 1 fully saturated rings. The fourth-order valence-corrected chi connectivity index (χ4v) is 2.78. The molecule has 1 aromatic heterocycles. The van der Waals surface area contributed by atoms with Crippen molar-refractivity contribution in [2.24, 2.45) is 5.73 Å². The van der Waals surface area contributed by atoms with Crippen molar-refractivity contribution < 1.29 is 4.74 Å². The van der Waals surface area contributed by atoms with Crippen LogP contribution in [0.15, 0.2) is 5.16 Å². The van der Waals surface area contributed by atoms with Gasteiger partial charge in [0.15, 0.2) is 5.16 Å². The largest absolute Gasteiger partial charge is 0.385 e. The van der Waals surface area contributed by atoms with Crippen LogP contribution >= 0.6 is 11.8 Å². The topological polar surface area (TPSA) is 66.0 Å². The highest BCUT2D eigenvalue weighted by Crippen LogP contribution is 2.38. The Hall–Kier alpha value is -0.590. The highest BCUT2D eigenvalue weighted by Gasteiger charge is 2.28. The lowest BCUT2D eigenvalue weighted by molar-refractivity contribution is 0.194. The number of nitrogens with two attached hydrogens (primary N) is 1. The maximum absolute atomic E-state index is 5.67. The number of hydrogen-bond acceptors (Lipinski definition) is 5. The first-order chi connectivity index (χ1) is 8.36. The molecule has 17 heavy (non-hydrogen) atoms. The zero-order valence-corrected chi connectivity index (χ0v) is 11.1. The standard InChI is InChI=1S/C11H20N4OS/c1-16-6-2-3-7-17-11-14-13-10(8-12)15(11)9-4-5-9/h9H,2-8,12H2,1H3. The Morgan fingerprint density at radius 3 is 2.88 bits per heavy atom. The Bertz CT molecular complexity index is 351. The Kier molecular flexibility index (Phi) is 4.82. The van der Waals surface area contributed by atoms with Crippen LogP contribution in [0.2, 0.25) is 0 Å². The number of aromatic nitrogens is 3. The van der Waals surface area contributed by atoms with Crippen molar-refractivity contribution in [3.63, 3.8) is 0 Å². The summed E-state index contributed by atoms with van der Waals surface area (Å²) >= 11 is 1.78. The molecule has 2 N–H and O–H groups in total. The average molecular weight is 256 g/mol. The van der Waals surface area contributed by atoms with E-state index in [4.69, 9.17) is 10.5 Å². The molecule has 0 atom stereocenters. The summed E-state index contributed by atoms with van der Waals surface area (Å²) < 4.78 is 7.25. The molecule has 1 saturated carbocycles. The summed E-state index contributed by atoms with van der Waals surface area (Å²) in [7, 11) is 1.74. The fraction of sp³-hybridized carbons (Fsp3) is 0.818. The minimum absolute atomic E-state index is 0.480. The summed E-state index contributed by atoms with van der Waals surface area (Å²) in [4.78, 5) is 0. The highest BCUT2D eigenvalue weighted by atomic mass is 32.2. The molecule has 6 heteroatoms. The summed E-state index contributed by atoms with van der Waals surface area (Å²) in [6, 6.07) is 0.602. The SMILES string of the molecule is COCCCCSc1nnc(CN)n1C1CC1. The molecule has 5 nitrogen and oxygen atoms in total. The minimum Gasteiger partial charge on any atom is -0.385 e. The first kappa shape index (κ1) is 12.9. The van der Waals surface area contributed by atoms with Gasteiger partial charge in [-0.2, -0.15) is 0 Å². The first-order valence-corrected chi connectivity index (χ1v) is 7.11. The molecule has 1 aliphatic carbocycles. The zero-order chi connectivity index (χ0) is 12.1. The van der Waals surface area contributed by atoms with Gasteiger partial charge in [-0.15, -0.1) is 10.2 Å². The number of thioether (sulfide) groups is 1. The van der Waals surface area contributed by atoms with Crippen molar-refractivity contribution in [3.05, 3.63) is 5.82 Å². The van der Waals surface area contributed by atoms with Gasteiger partial charge in [0, 0.05) is 25.5 Å². The van der Waals surface area contributed by atoms with E-state index in [1.807, 2.05) is 0 Å². The van der Waals surface area contributed by atoms with E-state index < -0.39 is 0 Å². The number of nitrogens with zero attached hydrogens (tertiary/aromatic N) is 3. The summed E-state index contributed by atoms with van der Waals surface area (Å²) in [5.74, 6) is 1.99. The number of ether oxygens (including phenoxy) is 1. The number of methoxy groups -OCH3 is 1. The molecule has 0 aliphatic heterocycles. The molecule has 1 aliphatic rings. The van der Waals surface area contributed by atoms with Crippen LogP contribution < -0.4 is 5.73 Å². The molecule has 2 rings (SSSR count). The molecule has 96 valence electrons. The lowest BCUT2D eigenvalue weighted by atomic mass is 10.4. The van der Waals surface area contributed by atoms with Crippen LogP contribution in [0, 0.1) is 0 Å². The van der Waals surface area contributed by atoms with E-state index in [9.17, 15) is 0 Å². The Balaban J connectivity index is 1.85. The molecule has 0 unspecified atom stereocenters. The van der Waals surface area contributed by atoms with E-state index in [0.29, 0.717) is 12.6 Å². The molecule has 1 aromatic rings. The average Bonchev–Trinajstić information content (AvgIpc) is 3.10. The molecule has 1 heterocycles. The Morgan fingerprint density at radius 2 is 2.24 bits per heavy atom. The van der Waals surface area contributed by atoms with Gasteiger partial charge in [-0.25, -0.2) is 0 Å². The van der Waals surface area contributed by atoms with Gasteiger partial charge in [-0.1, -0.05) is 11.8 Å². The van der Waals surface area contributed by atoms with Gasteiger partial charge in [0.2, 0.25) is 0 Å². The van der Waals surface area contributed by atoms with E-state index in [-0.39, 0.29) is 0 Å². The van der Waals surface area contributed by atoms with Crippen molar-refractivity contribution in [1.29, 1.82) is 0 Å². The lowest BCUT2D eigenvalue weighted by Crippen LogP contribution is -2.08. The normalized spacial score (nSPS) is 15.4. The van der Waals surface area contributed by atoms with Crippen LogP contribution in [-0.2, 0) is 11.3 Å². The molecule has 0 saturated heterocycles. The molecule has 0 spiro atoms. The van der Waals surface area contributed by atoms with E-state index in [1.54, 1.807) is 18.9 Å². The van der Waals surface area contributed by atoms with Crippen molar-refractivity contribution >= 4 is 11.8 Å². The van der Waals surface area contributed by atoms with E-state index in [2.05, 4.69) is 14.8 Å². The summed E-state index contributed by atoms with van der Waals surface area (Å²) in [6.07, 6.45) is 4.73. The third-order valence-corrected chi connectivity index (χ3v) is 3.83.